The van der Waals surface area contributed by atoms with E-state index in [1.807, 2.05) is 0 Å². The number of thioether (sulfide) groups is 1. The SMILES string of the molecule is O=C1CCCCCN1C1(C(=O)O)CCSC1. The number of aliphatic carboxylic acids is 1. The van der Waals surface area contributed by atoms with Crippen LogP contribution >= 0.6 is 11.8 Å². The topological polar surface area (TPSA) is 57.6 Å². The minimum Gasteiger partial charge on any atom is -0.479 e. The molecule has 0 aromatic carbocycles. The summed E-state index contributed by atoms with van der Waals surface area (Å²) in [6.07, 6.45) is 3.98. The summed E-state index contributed by atoms with van der Waals surface area (Å²) in [6, 6.07) is 0. The van der Waals surface area contributed by atoms with Gasteiger partial charge in [-0.05, 0) is 25.0 Å². The average Bonchev–Trinajstić information content (AvgIpc) is 2.64. The van der Waals surface area contributed by atoms with Crippen molar-refractivity contribution in [3.8, 4) is 0 Å². The Hall–Kier alpha value is -0.710. The third kappa shape index (κ3) is 1.93. The van der Waals surface area contributed by atoms with Crippen LogP contribution in [0.1, 0.15) is 32.1 Å². The second-order valence-electron chi connectivity index (χ2n) is 4.50. The lowest BCUT2D eigenvalue weighted by Gasteiger charge is -2.36. The molecule has 0 aromatic rings. The molecule has 90 valence electrons. The summed E-state index contributed by atoms with van der Waals surface area (Å²) < 4.78 is 0. The minimum atomic E-state index is -0.911. The van der Waals surface area contributed by atoms with Gasteiger partial charge in [0.1, 0.15) is 5.54 Å². The molecule has 0 aromatic heterocycles. The van der Waals surface area contributed by atoms with E-state index in [0.717, 1.165) is 25.0 Å². The minimum absolute atomic E-state index is 0.0300. The maximum atomic E-state index is 12.0. The van der Waals surface area contributed by atoms with E-state index in [1.165, 1.54) is 0 Å². The van der Waals surface area contributed by atoms with Gasteiger partial charge in [0.05, 0.1) is 0 Å². The normalized spacial score (nSPS) is 31.5. The van der Waals surface area contributed by atoms with Gasteiger partial charge in [0, 0.05) is 18.7 Å². The van der Waals surface area contributed by atoms with Crippen molar-refractivity contribution in [2.24, 2.45) is 0 Å². The monoisotopic (exact) mass is 243 g/mol. The molecule has 0 spiro atoms. The zero-order chi connectivity index (χ0) is 11.6. The molecule has 0 radical (unpaired) electrons. The number of nitrogens with zero attached hydrogens (tertiary/aromatic N) is 1. The summed E-state index contributed by atoms with van der Waals surface area (Å²) in [6.45, 7) is 0.617. The van der Waals surface area contributed by atoms with Gasteiger partial charge in [0.2, 0.25) is 5.91 Å². The lowest BCUT2D eigenvalue weighted by Crippen LogP contribution is -2.57. The summed E-state index contributed by atoms with van der Waals surface area (Å²) >= 11 is 1.64. The molecule has 2 aliphatic rings. The molecule has 2 fully saturated rings. The summed E-state index contributed by atoms with van der Waals surface area (Å²) in [5, 5.41) is 9.42. The number of amides is 1. The van der Waals surface area contributed by atoms with Crippen LogP contribution in [0.25, 0.3) is 0 Å². The molecule has 4 nitrogen and oxygen atoms in total. The number of carbonyl (C=O) groups excluding carboxylic acids is 1. The van der Waals surface area contributed by atoms with Crippen molar-refractivity contribution in [3.63, 3.8) is 0 Å². The van der Waals surface area contributed by atoms with Gasteiger partial charge in [-0.1, -0.05) is 6.42 Å². The maximum Gasteiger partial charge on any atom is 0.330 e. The Morgan fingerprint density at radius 3 is 2.81 bits per heavy atom. The van der Waals surface area contributed by atoms with E-state index in [2.05, 4.69) is 0 Å². The van der Waals surface area contributed by atoms with Gasteiger partial charge in [-0.2, -0.15) is 11.8 Å². The molecule has 0 aliphatic carbocycles. The third-order valence-electron chi connectivity index (χ3n) is 3.49. The second kappa shape index (κ2) is 4.65. The first kappa shape index (κ1) is 11.8. The first-order valence-electron chi connectivity index (χ1n) is 5.78. The van der Waals surface area contributed by atoms with Crippen molar-refractivity contribution in [2.75, 3.05) is 18.1 Å². The molecule has 2 saturated heterocycles. The summed E-state index contributed by atoms with van der Waals surface area (Å²) in [5.41, 5.74) is -0.911. The average molecular weight is 243 g/mol. The van der Waals surface area contributed by atoms with Crippen LogP contribution in [0.3, 0.4) is 0 Å². The van der Waals surface area contributed by atoms with Crippen molar-refractivity contribution >= 4 is 23.6 Å². The van der Waals surface area contributed by atoms with E-state index < -0.39 is 11.5 Å². The van der Waals surface area contributed by atoms with Crippen LogP contribution in [-0.2, 0) is 9.59 Å². The number of carboxylic acid groups (broad SMARTS) is 1. The fraction of sp³-hybridized carbons (Fsp3) is 0.818. The predicted molar refractivity (Wildman–Crippen MR) is 62.5 cm³/mol. The van der Waals surface area contributed by atoms with Gasteiger partial charge in [0.15, 0.2) is 0 Å². The van der Waals surface area contributed by atoms with Crippen molar-refractivity contribution in [1.82, 2.24) is 4.90 Å². The van der Waals surface area contributed by atoms with Crippen LogP contribution in [0.5, 0.6) is 0 Å². The molecular weight excluding hydrogens is 226 g/mol. The fourth-order valence-electron chi connectivity index (χ4n) is 2.49. The van der Waals surface area contributed by atoms with Crippen molar-refractivity contribution in [3.05, 3.63) is 0 Å². The highest BCUT2D eigenvalue weighted by Gasteiger charge is 2.49. The first-order chi connectivity index (χ1) is 7.67. The molecule has 2 aliphatic heterocycles. The van der Waals surface area contributed by atoms with E-state index >= 15 is 0 Å². The van der Waals surface area contributed by atoms with Crippen molar-refractivity contribution in [1.29, 1.82) is 0 Å². The zero-order valence-corrected chi connectivity index (χ0v) is 10.1. The lowest BCUT2D eigenvalue weighted by atomic mass is 9.96. The molecule has 2 rings (SSSR count). The summed E-state index contributed by atoms with van der Waals surface area (Å²) in [4.78, 5) is 25.1. The van der Waals surface area contributed by atoms with E-state index in [9.17, 15) is 14.7 Å². The van der Waals surface area contributed by atoms with E-state index in [1.54, 1.807) is 16.7 Å². The Morgan fingerprint density at radius 2 is 2.19 bits per heavy atom. The molecule has 5 heteroatoms. The van der Waals surface area contributed by atoms with Gasteiger partial charge in [0.25, 0.3) is 0 Å². The number of carbonyl (C=O) groups is 2. The maximum absolute atomic E-state index is 12.0. The fourth-order valence-corrected chi connectivity index (χ4v) is 3.87. The van der Waals surface area contributed by atoms with Crippen molar-refractivity contribution in [2.45, 2.75) is 37.6 Å². The Balaban J connectivity index is 2.24. The summed E-state index contributed by atoms with van der Waals surface area (Å²) in [5.74, 6) is 0.597. The molecule has 1 unspecified atom stereocenters. The van der Waals surface area contributed by atoms with Gasteiger partial charge < -0.3 is 10.0 Å². The molecule has 16 heavy (non-hydrogen) atoms. The smallest absolute Gasteiger partial charge is 0.330 e. The lowest BCUT2D eigenvalue weighted by molar-refractivity contribution is -0.157. The quantitative estimate of drug-likeness (QED) is 0.795. The Bertz CT molecular complexity index is 300. The highest BCUT2D eigenvalue weighted by Crippen LogP contribution is 2.35. The number of carboxylic acids is 1. The number of hydrogen-bond donors (Lipinski definition) is 1. The Morgan fingerprint density at radius 1 is 1.38 bits per heavy atom. The Labute approximate surface area is 99.4 Å². The zero-order valence-electron chi connectivity index (χ0n) is 9.28. The highest BCUT2D eigenvalue weighted by molar-refractivity contribution is 7.99. The molecule has 1 N–H and O–H groups in total. The third-order valence-corrected chi connectivity index (χ3v) is 4.66. The van der Waals surface area contributed by atoms with E-state index in [0.29, 0.717) is 25.1 Å². The van der Waals surface area contributed by atoms with Crippen LogP contribution < -0.4 is 0 Å². The van der Waals surface area contributed by atoms with Gasteiger partial charge in [-0.25, -0.2) is 4.79 Å². The standard InChI is InChI=1S/C11H17NO3S/c13-9-4-2-1-3-6-12(9)11(10(14)15)5-7-16-8-11/h1-8H2,(H,14,15). The van der Waals surface area contributed by atoms with E-state index in [4.69, 9.17) is 0 Å². The second-order valence-corrected chi connectivity index (χ2v) is 5.60. The molecule has 1 atom stereocenters. The van der Waals surface area contributed by atoms with Crippen LogP contribution in [-0.4, -0.2) is 45.5 Å². The molecule has 2 heterocycles. The number of hydrogen-bond acceptors (Lipinski definition) is 3. The van der Waals surface area contributed by atoms with Crippen LogP contribution in [0.15, 0.2) is 0 Å². The predicted octanol–water partition coefficient (Wildman–Crippen LogP) is 1.35. The van der Waals surface area contributed by atoms with Gasteiger partial charge in [-0.3, -0.25) is 4.79 Å². The van der Waals surface area contributed by atoms with E-state index in [-0.39, 0.29) is 5.91 Å². The Kier molecular flexibility index (Phi) is 3.42. The van der Waals surface area contributed by atoms with Gasteiger partial charge in [-0.15, -0.1) is 0 Å². The van der Waals surface area contributed by atoms with Gasteiger partial charge >= 0.3 is 5.97 Å². The number of rotatable bonds is 2. The highest BCUT2D eigenvalue weighted by atomic mass is 32.2. The largest absolute Gasteiger partial charge is 0.479 e. The molecular formula is C11H17NO3S. The molecule has 0 saturated carbocycles. The van der Waals surface area contributed by atoms with Crippen LogP contribution in [0.4, 0.5) is 0 Å². The van der Waals surface area contributed by atoms with Crippen LogP contribution in [0.2, 0.25) is 0 Å². The number of likely N-dealkylation sites (tertiary alicyclic amines) is 1. The first-order valence-corrected chi connectivity index (χ1v) is 6.94. The van der Waals surface area contributed by atoms with Crippen LogP contribution in [0, 0.1) is 0 Å². The molecule has 1 amide bonds. The summed E-state index contributed by atoms with van der Waals surface area (Å²) in [7, 11) is 0. The molecule has 0 bridgehead atoms. The van der Waals surface area contributed by atoms with Crippen molar-refractivity contribution < 1.29 is 14.7 Å².